The van der Waals surface area contributed by atoms with Crippen LogP contribution in [0.1, 0.15) is 7.79 Å². The lowest BCUT2D eigenvalue weighted by Gasteiger charge is -2.21. The van der Waals surface area contributed by atoms with E-state index in [0.29, 0.717) is 0 Å². The molecule has 1 unspecified atom stereocenters. The van der Waals surface area contributed by atoms with Gasteiger partial charge in [0, 0.05) is 0 Å². The van der Waals surface area contributed by atoms with Gasteiger partial charge in [-0.05, 0) is 0 Å². The van der Waals surface area contributed by atoms with Crippen LogP contribution in [0.4, 0.5) is 10.2 Å². The van der Waals surface area contributed by atoms with Crippen molar-refractivity contribution in [3.05, 3.63) is 12.7 Å². The Balaban J connectivity index is 2.05. The van der Waals surface area contributed by atoms with Gasteiger partial charge < -0.3 is 20.7 Å². The Kier molecular flexibility index (Phi) is 2.37. The van der Waals surface area contributed by atoms with Gasteiger partial charge in [0.1, 0.15) is 24.3 Å². The Labute approximate surface area is 108 Å². The number of alkyl halides is 1. The van der Waals surface area contributed by atoms with E-state index in [1.54, 1.807) is 0 Å². The molecule has 1 aliphatic heterocycles. The van der Waals surface area contributed by atoms with Crippen LogP contribution in [0.25, 0.3) is 11.2 Å². The summed E-state index contributed by atoms with van der Waals surface area (Å²) >= 11 is 0. The lowest BCUT2D eigenvalue weighted by molar-refractivity contribution is -0.200. The van der Waals surface area contributed by atoms with E-state index in [1.165, 1.54) is 0 Å². The Morgan fingerprint density at radius 1 is 1.63 bits per heavy atom. The van der Waals surface area contributed by atoms with E-state index in [0.717, 1.165) is 17.2 Å². The first-order valence-electron chi connectivity index (χ1n) is 6.09. The highest BCUT2D eigenvalue weighted by Crippen LogP contribution is 2.38. The van der Waals surface area contributed by atoms with Crippen LogP contribution in [0.5, 0.6) is 0 Å². The van der Waals surface area contributed by atoms with Gasteiger partial charge in [-0.25, -0.2) is 15.0 Å². The minimum Gasteiger partial charge on any atom is -0.394 e. The normalized spacial score (nSPS) is 33.5. The molecule has 19 heavy (non-hydrogen) atoms. The zero-order valence-electron chi connectivity index (χ0n) is 10.6. The first kappa shape index (κ1) is 11.0. The van der Waals surface area contributed by atoms with Gasteiger partial charge in [-0.15, -0.1) is 0 Å². The van der Waals surface area contributed by atoms with Crippen molar-refractivity contribution in [2.24, 2.45) is 0 Å². The van der Waals surface area contributed by atoms with Crippen molar-refractivity contribution >= 4 is 17.0 Å². The molecule has 8 nitrogen and oxygen atoms in total. The number of nitrogen functional groups attached to an aromatic ring is 1. The fourth-order valence-electron chi connectivity index (χ4n) is 2.09. The average Bonchev–Trinajstić information content (AvgIpc) is 2.92. The number of nitrogens with two attached hydrogens (primary N) is 1. The Morgan fingerprint density at radius 2 is 2.42 bits per heavy atom. The fourth-order valence-corrected chi connectivity index (χ4v) is 2.09. The summed E-state index contributed by atoms with van der Waals surface area (Å²) in [5.74, 6) is -2.37. The second-order valence-corrected chi connectivity index (χ2v) is 4.24. The van der Waals surface area contributed by atoms with Crippen molar-refractivity contribution in [2.45, 2.75) is 24.6 Å². The van der Waals surface area contributed by atoms with Crippen LogP contribution in [0.3, 0.4) is 0 Å². The summed E-state index contributed by atoms with van der Waals surface area (Å²) in [4.78, 5) is 11.5. The predicted molar refractivity (Wildman–Crippen MR) is 61.4 cm³/mol. The highest BCUT2D eigenvalue weighted by atomic mass is 19.2. The van der Waals surface area contributed by atoms with E-state index < -0.39 is 31.2 Å². The molecule has 102 valence electrons. The molecule has 0 saturated carbocycles. The summed E-state index contributed by atoms with van der Waals surface area (Å²) in [5, 5.41) is 18.8. The smallest absolute Gasteiger partial charge is 0.298 e. The average molecular weight is 270 g/mol. The summed E-state index contributed by atoms with van der Waals surface area (Å²) < 4.78 is 27.9. The molecular formula is C10H12FN5O3. The highest BCUT2D eigenvalue weighted by molar-refractivity contribution is 5.81. The van der Waals surface area contributed by atoms with Gasteiger partial charge in [0.25, 0.3) is 5.98 Å². The van der Waals surface area contributed by atoms with Crippen LogP contribution in [-0.2, 0) is 10.7 Å². The standard InChI is InChI=1S/C10H12FN5O3/c11-10(1-5(18)6(2-17)19-10)16-4-15-7-8(12)13-3-14-9(7)16/h3-6,17-18H,1-2H2,(H2,12,13,14)/t5-,6+,10-/m0/s1/i2D/t2?,5-,6+,10-. The van der Waals surface area contributed by atoms with Crippen molar-refractivity contribution < 1.29 is 20.7 Å². The fraction of sp³-hybridized carbons (Fsp3) is 0.500. The third-order valence-corrected chi connectivity index (χ3v) is 3.03. The molecule has 3 heterocycles. The minimum absolute atomic E-state index is 0.0907. The van der Waals surface area contributed by atoms with Gasteiger partial charge in [0.15, 0.2) is 11.5 Å². The maximum atomic E-state index is 14.8. The van der Waals surface area contributed by atoms with E-state index >= 15 is 0 Å². The number of anilines is 1. The third kappa shape index (κ3) is 1.74. The summed E-state index contributed by atoms with van der Waals surface area (Å²) in [7, 11) is 0. The number of aliphatic hydroxyl groups is 2. The zero-order valence-corrected chi connectivity index (χ0v) is 9.64. The summed E-state index contributed by atoms with van der Waals surface area (Å²) in [6.45, 7) is -1.75. The van der Waals surface area contributed by atoms with Gasteiger partial charge >= 0.3 is 0 Å². The van der Waals surface area contributed by atoms with Crippen LogP contribution in [0.2, 0.25) is 0 Å². The van der Waals surface area contributed by atoms with E-state index in [4.69, 9.17) is 16.9 Å². The number of aliphatic hydroxyl groups excluding tert-OH is 2. The van der Waals surface area contributed by atoms with Gasteiger partial charge in [0.05, 0.1) is 20.5 Å². The number of hydrogen-bond donors (Lipinski definition) is 3. The molecule has 9 heteroatoms. The van der Waals surface area contributed by atoms with Crippen molar-refractivity contribution in [3.63, 3.8) is 0 Å². The highest BCUT2D eigenvalue weighted by Gasteiger charge is 2.48. The number of ether oxygens (including phenoxy) is 1. The van der Waals surface area contributed by atoms with Crippen molar-refractivity contribution in [1.82, 2.24) is 19.5 Å². The summed E-state index contributed by atoms with van der Waals surface area (Å²) in [6.07, 6.45) is -0.841. The molecule has 0 spiro atoms. The monoisotopic (exact) mass is 270 g/mol. The zero-order chi connectivity index (χ0) is 14.5. The maximum Gasteiger partial charge on any atom is 0.298 e. The van der Waals surface area contributed by atoms with Gasteiger partial charge in [-0.3, -0.25) is 4.57 Å². The van der Waals surface area contributed by atoms with Crippen LogP contribution in [-0.4, -0.2) is 48.5 Å². The number of rotatable bonds is 2. The van der Waals surface area contributed by atoms with Crippen LogP contribution in [0, 0.1) is 0 Å². The van der Waals surface area contributed by atoms with E-state index in [1.807, 2.05) is 0 Å². The van der Waals surface area contributed by atoms with E-state index in [9.17, 15) is 9.50 Å². The molecule has 2 aromatic heterocycles. The predicted octanol–water partition coefficient (Wildman–Crippen LogP) is -0.870. The van der Waals surface area contributed by atoms with Crippen LogP contribution < -0.4 is 5.73 Å². The third-order valence-electron chi connectivity index (χ3n) is 3.03. The second-order valence-electron chi connectivity index (χ2n) is 4.24. The number of aromatic nitrogens is 4. The lowest BCUT2D eigenvalue weighted by atomic mass is 10.2. The Bertz CT molecular complexity index is 653. The molecule has 3 rings (SSSR count). The number of nitrogens with zero attached hydrogens (tertiary/aromatic N) is 4. The molecule has 0 aromatic carbocycles. The van der Waals surface area contributed by atoms with E-state index in [-0.39, 0.29) is 17.0 Å². The molecular weight excluding hydrogens is 257 g/mol. The summed E-state index contributed by atoms with van der Waals surface area (Å²) in [5.41, 5.74) is 5.91. The Hall–Kier alpha value is -1.84. The first-order chi connectivity index (χ1) is 9.42. The topological polar surface area (TPSA) is 119 Å². The molecule has 4 N–H and O–H groups in total. The molecule has 0 aliphatic carbocycles. The quantitative estimate of drug-likeness (QED) is 0.649. The second kappa shape index (κ2) is 4.08. The van der Waals surface area contributed by atoms with E-state index in [2.05, 4.69) is 15.0 Å². The van der Waals surface area contributed by atoms with Gasteiger partial charge in [-0.1, -0.05) is 0 Å². The van der Waals surface area contributed by atoms with Gasteiger partial charge in [0.2, 0.25) is 0 Å². The molecule has 0 radical (unpaired) electrons. The molecule has 2 aromatic rings. The van der Waals surface area contributed by atoms with Crippen molar-refractivity contribution in [2.75, 3.05) is 12.3 Å². The largest absolute Gasteiger partial charge is 0.394 e. The lowest BCUT2D eigenvalue weighted by Crippen LogP contribution is -2.29. The number of hydrogen-bond acceptors (Lipinski definition) is 7. The van der Waals surface area contributed by atoms with Gasteiger partial charge in [-0.2, -0.15) is 4.39 Å². The van der Waals surface area contributed by atoms with Crippen LogP contribution in [0.15, 0.2) is 12.7 Å². The van der Waals surface area contributed by atoms with Crippen molar-refractivity contribution in [3.8, 4) is 0 Å². The minimum atomic E-state index is -2.46. The Morgan fingerprint density at radius 3 is 3.11 bits per heavy atom. The maximum absolute atomic E-state index is 14.8. The molecule has 1 fully saturated rings. The molecule has 0 bridgehead atoms. The molecule has 4 atom stereocenters. The van der Waals surface area contributed by atoms with Crippen LogP contribution >= 0.6 is 0 Å². The molecule has 1 saturated heterocycles. The number of fused-ring (bicyclic) bond motifs is 1. The number of halogens is 1. The SMILES string of the molecule is [2H]C(O)[C@H]1O[C@@](F)(n2cnc3c(N)ncnc32)C[C@@H]1O. The molecule has 1 aliphatic rings. The molecule has 0 amide bonds. The summed E-state index contributed by atoms with van der Waals surface area (Å²) in [6, 6.07) is 0. The first-order valence-corrected chi connectivity index (χ1v) is 5.51. The van der Waals surface area contributed by atoms with Crippen molar-refractivity contribution in [1.29, 1.82) is 0 Å². The number of imidazole rings is 1.